The molecule has 0 saturated heterocycles. The van der Waals surface area contributed by atoms with Crippen molar-refractivity contribution < 1.29 is 0 Å². The van der Waals surface area contributed by atoms with E-state index in [1.54, 1.807) is 27.7 Å². The van der Waals surface area contributed by atoms with Gasteiger partial charge in [0, 0.05) is 4.88 Å². The summed E-state index contributed by atoms with van der Waals surface area (Å²) in [6.07, 6.45) is 5.38. The van der Waals surface area contributed by atoms with E-state index in [0.29, 0.717) is 11.7 Å². The molecule has 0 saturated carbocycles. The Bertz CT molecular complexity index is 1190. The number of aromatic nitrogens is 4. The minimum absolute atomic E-state index is 0.0185. The number of rotatable bonds is 2. The van der Waals surface area contributed by atoms with Gasteiger partial charge in [0.25, 0.3) is 5.56 Å². The fourth-order valence-electron chi connectivity index (χ4n) is 3.99. The van der Waals surface area contributed by atoms with Crippen molar-refractivity contribution in [3.8, 4) is 5.69 Å². The maximum Gasteiger partial charge on any atom is 0.268 e. The summed E-state index contributed by atoms with van der Waals surface area (Å²) in [5.74, 6) is 1.00. The summed E-state index contributed by atoms with van der Waals surface area (Å²) in [7, 11) is 0. The molecule has 1 aromatic carbocycles. The van der Waals surface area contributed by atoms with Crippen LogP contribution in [0.5, 0.6) is 0 Å². The van der Waals surface area contributed by atoms with Crippen molar-refractivity contribution >= 4 is 39.1 Å². The number of hydrogen-bond donors (Lipinski definition) is 0. The second kappa shape index (κ2) is 5.96. The van der Waals surface area contributed by atoms with Crippen molar-refractivity contribution in [3.63, 3.8) is 0 Å². The van der Waals surface area contributed by atoms with E-state index >= 15 is 0 Å². The molecule has 1 aliphatic carbocycles. The molecule has 1 aliphatic rings. The van der Waals surface area contributed by atoms with Crippen LogP contribution >= 0.6 is 23.1 Å². The Hall–Kier alpha value is -2.12. The van der Waals surface area contributed by atoms with Crippen molar-refractivity contribution in [2.75, 3.05) is 6.26 Å². The van der Waals surface area contributed by atoms with E-state index in [1.165, 1.54) is 16.9 Å². The Morgan fingerprint density at radius 3 is 2.81 bits per heavy atom. The van der Waals surface area contributed by atoms with Crippen LogP contribution in [0.3, 0.4) is 0 Å². The number of fused-ring (bicyclic) bond motifs is 5. The lowest BCUT2D eigenvalue weighted by Crippen LogP contribution is -2.22. The first kappa shape index (κ1) is 16.1. The van der Waals surface area contributed by atoms with Crippen molar-refractivity contribution in [1.29, 1.82) is 0 Å². The van der Waals surface area contributed by atoms with Gasteiger partial charge in [-0.1, -0.05) is 36.9 Å². The van der Waals surface area contributed by atoms with Gasteiger partial charge in [-0.3, -0.25) is 4.79 Å². The molecule has 5 rings (SSSR count). The molecular formula is C19H18N4OS2. The van der Waals surface area contributed by atoms with E-state index in [4.69, 9.17) is 0 Å². The highest BCUT2D eigenvalue weighted by molar-refractivity contribution is 7.98. The number of benzene rings is 1. The van der Waals surface area contributed by atoms with Crippen LogP contribution in [-0.2, 0) is 6.42 Å². The van der Waals surface area contributed by atoms with Gasteiger partial charge in [-0.15, -0.1) is 21.5 Å². The van der Waals surface area contributed by atoms with E-state index < -0.39 is 0 Å². The Balaban J connectivity index is 2.02. The zero-order chi connectivity index (χ0) is 17.8. The summed E-state index contributed by atoms with van der Waals surface area (Å²) in [6, 6.07) is 9.74. The van der Waals surface area contributed by atoms with E-state index in [-0.39, 0.29) is 5.56 Å². The fourth-order valence-corrected chi connectivity index (χ4v) is 5.98. The summed E-state index contributed by atoms with van der Waals surface area (Å²) in [6.45, 7) is 2.24. The number of nitrogens with zero attached hydrogens (tertiary/aromatic N) is 4. The molecular weight excluding hydrogens is 364 g/mol. The van der Waals surface area contributed by atoms with Gasteiger partial charge in [-0.05, 0) is 49.1 Å². The highest BCUT2D eigenvalue weighted by Crippen LogP contribution is 2.41. The molecule has 5 nitrogen and oxygen atoms in total. The molecule has 0 bridgehead atoms. The lowest BCUT2D eigenvalue weighted by Gasteiger charge is -2.18. The van der Waals surface area contributed by atoms with Crippen molar-refractivity contribution in [3.05, 3.63) is 51.1 Å². The third kappa shape index (κ3) is 2.13. The van der Waals surface area contributed by atoms with Crippen LogP contribution in [-0.4, -0.2) is 25.4 Å². The van der Waals surface area contributed by atoms with Crippen LogP contribution < -0.4 is 5.56 Å². The van der Waals surface area contributed by atoms with Crippen LogP contribution in [0.15, 0.2) is 40.3 Å². The first-order chi connectivity index (χ1) is 12.7. The van der Waals surface area contributed by atoms with Gasteiger partial charge < -0.3 is 0 Å². The summed E-state index contributed by atoms with van der Waals surface area (Å²) in [4.78, 5) is 15.9. The molecule has 26 heavy (non-hydrogen) atoms. The number of thioether (sulfide) groups is 1. The average molecular weight is 383 g/mol. The summed E-state index contributed by atoms with van der Waals surface area (Å²) in [5.41, 5.74) is 2.09. The lowest BCUT2D eigenvalue weighted by atomic mass is 9.88. The number of thiophene rings is 1. The largest absolute Gasteiger partial charge is 0.268 e. The van der Waals surface area contributed by atoms with Gasteiger partial charge in [0.05, 0.1) is 11.1 Å². The highest BCUT2D eigenvalue weighted by atomic mass is 32.2. The summed E-state index contributed by atoms with van der Waals surface area (Å²) < 4.78 is 3.77. The molecule has 0 radical (unpaired) electrons. The molecule has 1 atom stereocenters. The van der Waals surface area contributed by atoms with Gasteiger partial charge in [0.1, 0.15) is 4.83 Å². The summed E-state index contributed by atoms with van der Waals surface area (Å²) in [5, 5.41) is 10.4. The average Bonchev–Trinajstić information content (AvgIpc) is 3.25. The first-order valence-corrected chi connectivity index (χ1v) is 10.8. The van der Waals surface area contributed by atoms with E-state index in [1.807, 2.05) is 36.6 Å². The molecule has 3 heterocycles. The number of aryl methyl sites for hydroxylation is 1. The Labute approximate surface area is 158 Å². The minimum atomic E-state index is 0.0185. The molecule has 132 valence electrons. The topological polar surface area (TPSA) is 52.2 Å². The third-order valence-electron chi connectivity index (χ3n) is 5.17. The normalized spacial score (nSPS) is 17.1. The fraction of sp³-hybridized carbons (Fsp3) is 0.316. The predicted molar refractivity (Wildman–Crippen MR) is 107 cm³/mol. The zero-order valence-electron chi connectivity index (χ0n) is 14.6. The molecule has 0 unspecified atom stereocenters. The van der Waals surface area contributed by atoms with Crippen LogP contribution in [0.25, 0.3) is 21.7 Å². The lowest BCUT2D eigenvalue weighted by molar-refractivity contribution is 0.601. The van der Waals surface area contributed by atoms with Gasteiger partial charge in [0.15, 0.2) is 5.16 Å². The van der Waals surface area contributed by atoms with E-state index in [2.05, 4.69) is 21.5 Å². The Morgan fingerprint density at radius 1 is 1.23 bits per heavy atom. The highest BCUT2D eigenvalue weighted by Gasteiger charge is 2.28. The van der Waals surface area contributed by atoms with Gasteiger partial charge in [-0.2, -0.15) is 0 Å². The van der Waals surface area contributed by atoms with Gasteiger partial charge in [-0.25, -0.2) is 8.97 Å². The molecule has 0 amide bonds. The number of para-hydroxylation sites is 1. The molecule has 7 heteroatoms. The van der Waals surface area contributed by atoms with Crippen LogP contribution in [0, 0.1) is 0 Å². The Morgan fingerprint density at radius 2 is 2.04 bits per heavy atom. The van der Waals surface area contributed by atoms with Crippen LogP contribution in [0.1, 0.15) is 36.1 Å². The minimum Gasteiger partial charge on any atom is -0.268 e. The molecule has 0 fully saturated rings. The zero-order valence-corrected chi connectivity index (χ0v) is 16.2. The van der Waals surface area contributed by atoms with Gasteiger partial charge >= 0.3 is 0 Å². The van der Waals surface area contributed by atoms with Crippen molar-refractivity contribution in [2.24, 2.45) is 0 Å². The maximum absolute atomic E-state index is 13.6. The smallest absolute Gasteiger partial charge is 0.268 e. The first-order valence-electron chi connectivity index (χ1n) is 8.75. The van der Waals surface area contributed by atoms with Crippen LogP contribution in [0.4, 0.5) is 0 Å². The molecule has 0 aliphatic heterocycles. The second-order valence-corrected chi connectivity index (χ2v) is 8.57. The number of hydrogen-bond acceptors (Lipinski definition) is 5. The quantitative estimate of drug-likeness (QED) is 0.486. The third-order valence-corrected chi connectivity index (χ3v) is 7.05. The molecule has 4 aromatic rings. The predicted octanol–water partition coefficient (Wildman–Crippen LogP) is 4.26. The standard InChI is InChI=1S/C19H18N4OS2/c1-11-7-6-10-13-14(11)15-16(24)22(12-8-4-3-5-9-12)18-20-21-19(25-2)23(18)17(15)26-13/h3-5,8-9,11H,6-7,10H2,1-2H3/t11-/m0/s1. The maximum atomic E-state index is 13.6. The monoisotopic (exact) mass is 382 g/mol. The SMILES string of the molecule is CSc1nnc2n(-c3ccccc3)c(=O)c3c4c(sc3n12)CCC[C@@H]4C. The second-order valence-electron chi connectivity index (χ2n) is 6.71. The molecule has 0 N–H and O–H groups in total. The van der Waals surface area contributed by atoms with Crippen LogP contribution in [0.2, 0.25) is 0 Å². The van der Waals surface area contributed by atoms with Crippen molar-refractivity contribution in [2.45, 2.75) is 37.3 Å². The van der Waals surface area contributed by atoms with Crippen molar-refractivity contribution in [1.82, 2.24) is 19.2 Å². The van der Waals surface area contributed by atoms with E-state index in [9.17, 15) is 4.79 Å². The summed E-state index contributed by atoms with van der Waals surface area (Å²) >= 11 is 3.30. The van der Waals surface area contributed by atoms with Gasteiger partial charge in [0.2, 0.25) is 5.78 Å². The van der Waals surface area contributed by atoms with E-state index in [0.717, 1.165) is 33.9 Å². The Kier molecular flexibility index (Phi) is 3.68. The molecule has 3 aromatic heterocycles. The molecule has 0 spiro atoms.